The number of benzene rings is 2. The van der Waals surface area contributed by atoms with Crippen molar-refractivity contribution in [2.24, 2.45) is 0 Å². The van der Waals surface area contributed by atoms with E-state index in [1.54, 1.807) is 0 Å². The second-order valence-corrected chi connectivity index (χ2v) is 4.83. The molecule has 2 aromatic carbocycles. The van der Waals surface area contributed by atoms with Crippen LogP contribution in [0.15, 0.2) is 48.5 Å². The molecule has 0 amide bonds. The van der Waals surface area contributed by atoms with Gasteiger partial charge in [-0.15, -0.1) is 24.8 Å². The van der Waals surface area contributed by atoms with Crippen LogP contribution in [0.2, 0.25) is 10.0 Å². The van der Waals surface area contributed by atoms with Gasteiger partial charge in [-0.25, -0.2) is 0 Å². The van der Waals surface area contributed by atoms with E-state index < -0.39 is 0 Å². The summed E-state index contributed by atoms with van der Waals surface area (Å²) >= 11 is 11.6. The van der Waals surface area contributed by atoms with Gasteiger partial charge in [0, 0.05) is 23.1 Å². The van der Waals surface area contributed by atoms with Crippen molar-refractivity contribution in [2.75, 3.05) is 0 Å². The largest absolute Gasteiger partial charge is 0.253 e. The molecule has 0 saturated carbocycles. The summed E-state index contributed by atoms with van der Waals surface area (Å²) in [7, 11) is 0. The Kier molecular flexibility index (Phi) is 10.0. The van der Waals surface area contributed by atoms with E-state index in [4.69, 9.17) is 23.2 Å². The quantitative estimate of drug-likeness (QED) is 0.604. The summed E-state index contributed by atoms with van der Waals surface area (Å²) in [6.07, 6.45) is 0. The standard InChI is InChI=1S/C14H14Cl2N2.2ClH/c15-13-5-1-11(2-6-13)9-17-18-10-12-3-7-14(16)8-4-12;;/h1-8,17-18H,9-10H2;2*1H. The first-order valence-corrected chi connectivity index (χ1v) is 6.44. The van der Waals surface area contributed by atoms with E-state index in [0.717, 1.165) is 23.1 Å². The smallest absolute Gasteiger partial charge is 0.0406 e. The molecule has 2 aromatic rings. The highest BCUT2D eigenvalue weighted by Gasteiger charge is 1.94. The van der Waals surface area contributed by atoms with Crippen molar-refractivity contribution in [1.29, 1.82) is 0 Å². The maximum atomic E-state index is 5.82. The first-order chi connectivity index (χ1) is 8.74. The summed E-state index contributed by atoms with van der Waals surface area (Å²) in [4.78, 5) is 0. The van der Waals surface area contributed by atoms with E-state index in [-0.39, 0.29) is 24.8 Å². The van der Waals surface area contributed by atoms with Crippen molar-refractivity contribution in [3.05, 3.63) is 69.7 Å². The van der Waals surface area contributed by atoms with Crippen LogP contribution in [-0.2, 0) is 13.1 Å². The minimum atomic E-state index is 0. The van der Waals surface area contributed by atoms with Gasteiger partial charge in [0.25, 0.3) is 0 Å². The summed E-state index contributed by atoms with van der Waals surface area (Å²) < 4.78 is 0. The second kappa shape index (κ2) is 10.3. The van der Waals surface area contributed by atoms with Crippen LogP contribution >= 0.6 is 48.0 Å². The Morgan fingerprint density at radius 2 is 0.900 bits per heavy atom. The number of hydrogen-bond donors (Lipinski definition) is 2. The normalized spacial score (nSPS) is 9.50. The molecule has 0 fully saturated rings. The first kappa shape index (κ1) is 19.5. The summed E-state index contributed by atoms with van der Waals surface area (Å²) in [6.45, 7) is 1.51. The number of hydrogen-bond acceptors (Lipinski definition) is 2. The average molecular weight is 354 g/mol. The zero-order valence-corrected chi connectivity index (χ0v) is 13.8. The fourth-order valence-corrected chi connectivity index (χ4v) is 1.79. The van der Waals surface area contributed by atoms with Gasteiger partial charge in [0.2, 0.25) is 0 Å². The van der Waals surface area contributed by atoms with Crippen LogP contribution in [0.5, 0.6) is 0 Å². The molecule has 2 rings (SSSR count). The maximum absolute atomic E-state index is 5.82. The van der Waals surface area contributed by atoms with E-state index >= 15 is 0 Å². The first-order valence-electron chi connectivity index (χ1n) is 5.68. The van der Waals surface area contributed by atoms with Crippen molar-refractivity contribution in [2.45, 2.75) is 13.1 Å². The third-order valence-corrected chi connectivity index (χ3v) is 3.04. The molecule has 2 nitrogen and oxygen atoms in total. The highest BCUT2D eigenvalue weighted by molar-refractivity contribution is 6.30. The number of nitrogens with one attached hydrogen (secondary N) is 2. The maximum Gasteiger partial charge on any atom is 0.0406 e. The molecule has 0 aromatic heterocycles. The highest BCUT2D eigenvalue weighted by Crippen LogP contribution is 2.10. The Morgan fingerprint density at radius 1 is 0.600 bits per heavy atom. The van der Waals surface area contributed by atoms with Crippen LogP contribution < -0.4 is 10.9 Å². The lowest BCUT2D eigenvalue weighted by atomic mass is 10.2. The number of rotatable bonds is 5. The Morgan fingerprint density at radius 3 is 1.20 bits per heavy atom. The Bertz CT molecular complexity index is 438. The van der Waals surface area contributed by atoms with E-state index in [1.807, 2.05) is 48.5 Å². The van der Waals surface area contributed by atoms with Crippen LogP contribution in [0.4, 0.5) is 0 Å². The van der Waals surface area contributed by atoms with E-state index in [2.05, 4.69) is 10.9 Å². The molecule has 6 heteroatoms. The van der Waals surface area contributed by atoms with Crippen LogP contribution in [0, 0.1) is 0 Å². The Balaban J connectivity index is 0.00000180. The summed E-state index contributed by atoms with van der Waals surface area (Å²) in [5.74, 6) is 0. The molecule has 0 aliphatic heterocycles. The summed E-state index contributed by atoms with van der Waals surface area (Å²) in [6, 6.07) is 15.5. The lowest BCUT2D eigenvalue weighted by molar-refractivity contribution is 0.529. The fourth-order valence-electron chi connectivity index (χ4n) is 1.53. The van der Waals surface area contributed by atoms with Gasteiger partial charge in [0.15, 0.2) is 0 Å². The predicted octanol–water partition coefficient (Wildman–Crippen LogP) is 4.63. The molecule has 0 heterocycles. The van der Waals surface area contributed by atoms with Crippen molar-refractivity contribution in [3.63, 3.8) is 0 Å². The third kappa shape index (κ3) is 6.80. The molecule has 0 aliphatic carbocycles. The predicted molar refractivity (Wildman–Crippen MR) is 91.1 cm³/mol. The van der Waals surface area contributed by atoms with Gasteiger partial charge in [-0.3, -0.25) is 10.9 Å². The second-order valence-electron chi connectivity index (χ2n) is 3.96. The lowest BCUT2D eigenvalue weighted by Gasteiger charge is -2.07. The van der Waals surface area contributed by atoms with Gasteiger partial charge >= 0.3 is 0 Å². The van der Waals surface area contributed by atoms with Crippen molar-refractivity contribution in [3.8, 4) is 0 Å². The van der Waals surface area contributed by atoms with Gasteiger partial charge < -0.3 is 0 Å². The molecule has 0 saturated heterocycles. The van der Waals surface area contributed by atoms with Crippen LogP contribution in [-0.4, -0.2) is 0 Å². The fraction of sp³-hybridized carbons (Fsp3) is 0.143. The number of halogens is 4. The summed E-state index contributed by atoms with van der Waals surface area (Å²) in [5, 5.41) is 1.51. The van der Waals surface area contributed by atoms with E-state index in [9.17, 15) is 0 Å². The SMILES string of the molecule is Cl.Cl.Clc1ccc(CNNCc2ccc(Cl)cc2)cc1. The Hall–Kier alpha value is -0.480. The van der Waals surface area contributed by atoms with E-state index in [1.165, 1.54) is 11.1 Å². The highest BCUT2D eigenvalue weighted by atomic mass is 35.5. The minimum absolute atomic E-state index is 0. The molecule has 20 heavy (non-hydrogen) atoms. The van der Waals surface area contributed by atoms with Gasteiger partial charge in [0.1, 0.15) is 0 Å². The molecule has 0 bridgehead atoms. The zero-order valence-electron chi connectivity index (χ0n) is 10.6. The van der Waals surface area contributed by atoms with Gasteiger partial charge in [-0.05, 0) is 35.4 Å². The van der Waals surface area contributed by atoms with Crippen molar-refractivity contribution < 1.29 is 0 Å². The van der Waals surface area contributed by atoms with Gasteiger partial charge in [-0.1, -0.05) is 47.5 Å². The third-order valence-electron chi connectivity index (χ3n) is 2.54. The van der Waals surface area contributed by atoms with Crippen molar-refractivity contribution >= 4 is 48.0 Å². The van der Waals surface area contributed by atoms with Gasteiger partial charge in [-0.2, -0.15) is 0 Å². The topological polar surface area (TPSA) is 24.1 Å². The van der Waals surface area contributed by atoms with E-state index in [0.29, 0.717) is 0 Å². The molecule has 0 unspecified atom stereocenters. The molecule has 0 aliphatic rings. The van der Waals surface area contributed by atoms with Crippen LogP contribution in [0.3, 0.4) is 0 Å². The molecule has 0 atom stereocenters. The van der Waals surface area contributed by atoms with Crippen LogP contribution in [0.1, 0.15) is 11.1 Å². The van der Waals surface area contributed by atoms with Gasteiger partial charge in [0.05, 0.1) is 0 Å². The zero-order chi connectivity index (χ0) is 12.8. The molecular formula is C14H16Cl4N2. The van der Waals surface area contributed by atoms with Crippen molar-refractivity contribution in [1.82, 2.24) is 10.9 Å². The molecule has 110 valence electrons. The monoisotopic (exact) mass is 352 g/mol. The molecular weight excluding hydrogens is 338 g/mol. The lowest BCUT2D eigenvalue weighted by Crippen LogP contribution is -2.30. The average Bonchev–Trinajstić information content (AvgIpc) is 2.39. The van der Waals surface area contributed by atoms with Crippen LogP contribution in [0.25, 0.3) is 0 Å². The minimum Gasteiger partial charge on any atom is -0.253 e. The number of hydrazine groups is 1. The summed E-state index contributed by atoms with van der Waals surface area (Å²) in [5.41, 5.74) is 8.68. The molecule has 2 N–H and O–H groups in total. The molecule has 0 radical (unpaired) electrons. The Labute approximate surface area is 141 Å². The molecule has 0 spiro atoms.